The van der Waals surface area contributed by atoms with Gasteiger partial charge in [0.2, 0.25) is 11.8 Å². The van der Waals surface area contributed by atoms with E-state index in [-0.39, 0.29) is 35.6 Å². The summed E-state index contributed by atoms with van der Waals surface area (Å²) in [4.78, 5) is 55.5. The number of methoxy groups -OCH3 is 1. The van der Waals surface area contributed by atoms with E-state index < -0.39 is 23.7 Å². The van der Waals surface area contributed by atoms with Crippen LogP contribution in [-0.2, 0) is 19.2 Å². The second kappa shape index (κ2) is 9.05. The highest BCUT2D eigenvalue weighted by atomic mass is 16.5. The molecule has 1 saturated heterocycles. The Labute approximate surface area is 225 Å². The number of nitrogens with zero attached hydrogens (tertiary/aromatic N) is 1. The second-order valence-corrected chi connectivity index (χ2v) is 10.5. The highest BCUT2D eigenvalue weighted by molar-refractivity contribution is 6.25. The number of anilines is 1. The fraction of sp³-hybridized carbons (Fsp3) is 0.250. The maximum absolute atomic E-state index is 13.9. The molecule has 0 bridgehead atoms. The van der Waals surface area contributed by atoms with Crippen molar-refractivity contribution in [2.45, 2.75) is 25.7 Å². The number of carbonyl (C=O) groups excluding carboxylic acids is 4. The molecule has 7 nitrogen and oxygen atoms in total. The second-order valence-electron chi connectivity index (χ2n) is 10.5. The number of carbonyl (C=O) groups is 4. The van der Waals surface area contributed by atoms with E-state index >= 15 is 0 Å². The molecule has 196 valence electrons. The van der Waals surface area contributed by atoms with Crippen LogP contribution in [0.25, 0.3) is 6.08 Å². The van der Waals surface area contributed by atoms with Gasteiger partial charge in [0.05, 0.1) is 24.6 Å². The van der Waals surface area contributed by atoms with Crippen LogP contribution in [0.5, 0.6) is 11.5 Å². The third kappa shape index (κ3) is 3.64. The van der Waals surface area contributed by atoms with Crippen LogP contribution in [0, 0.1) is 17.8 Å². The number of phenolic OH excluding ortho intramolecular Hbond substituents is 1. The monoisotopic (exact) mass is 521 g/mol. The number of amides is 2. The van der Waals surface area contributed by atoms with Gasteiger partial charge in [-0.1, -0.05) is 36.4 Å². The molecule has 7 heteroatoms. The van der Waals surface area contributed by atoms with Crippen LogP contribution in [0.15, 0.2) is 83.5 Å². The Kier molecular flexibility index (Phi) is 5.75. The van der Waals surface area contributed by atoms with Gasteiger partial charge in [-0.05, 0) is 67.7 Å². The Morgan fingerprint density at radius 2 is 1.77 bits per heavy atom. The first-order valence-corrected chi connectivity index (χ1v) is 12.9. The first-order valence-electron chi connectivity index (χ1n) is 12.9. The van der Waals surface area contributed by atoms with Gasteiger partial charge in [0.15, 0.2) is 11.6 Å². The third-order valence-electron chi connectivity index (χ3n) is 8.50. The van der Waals surface area contributed by atoms with Crippen molar-refractivity contribution in [3.8, 4) is 11.5 Å². The number of Topliss-reactive ketones (excluding diaryl/α,β-unsaturated/α-hetero) is 1. The van der Waals surface area contributed by atoms with Crippen LogP contribution < -0.4 is 9.64 Å². The number of ether oxygens (including phenoxy) is 1. The number of phenols is 1. The number of ketones is 2. The smallest absolute Gasteiger partial charge is 0.238 e. The lowest BCUT2D eigenvalue weighted by molar-refractivity contribution is -0.123. The number of aromatic hydroxyl groups is 1. The molecule has 0 saturated carbocycles. The number of benzene rings is 2. The first kappa shape index (κ1) is 24.8. The van der Waals surface area contributed by atoms with Gasteiger partial charge >= 0.3 is 0 Å². The Morgan fingerprint density at radius 3 is 2.46 bits per heavy atom. The lowest BCUT2D eigenvalue weighted by Crippen LogP contribution is -2.39. The minimum atomic E-state index is -0.737. The highest BCUT2D eigenvalue weighted by Gasteiger charge is 2.56. The molecule has 4 aliphatic rings. The van der Waals surface area contributed by atoms with E-state index in [4.69, 9.17) is 4.74 Å². The largest absolute Gasteiger partial charge is 0.508 e. The van der Waals surface area contributed by atoms with Gasteiger partial charge in [0.25, 0.3) is 0 Å². The zero-order chi connectivity index (χ0) is 27.6. The molecule has 1 heterocycles. The average molecular weight is 522 g/mol. The van der Waals surface area contributed by atoms with E-state index in [1.54, 1.807) is 49.4 Å². The molecule has 1 aliphatic heterocycles. The molecule has 2 amide bonds. The quantitative estimate of drug-likeness (QED) is 0.356. The van der Waals surface area contributed by atoms with E-state index in [9.17, 15) is 24.3 Å². The molecule has 4 atom stereocenters. The summed E-state index contributed by atoms with van der Waals surface area (Å²) in [6.07, 6.45) is 5.46. The van der Waals surface area contributed by atoms with Gasteiger partial charge in [0, 0.05) is 28.2 Å². The highest BCUT2D eigenvalue weighted by Crippen LogP contribution is 2.56. The average Bonchev–Trinajstić information content (AvgIpc) is 3.20. The number of hydrogen-bond acceptors (Lipinski definition) is 6. The van der Waals surface area contributed by atoms with Crippen molar-refractivity contribution in [2.24, 2.45) is 17.8 Å². The molecule has 1 N–H and O–H groups in total. The molecular formula is C32H27NO6. The van der Waals surface area contributed by atoms with Gasteiger partial charge in [-0.15, -0.1) is 0 Å². The Morgan fingerprint density at radius 1 is 1.03 bits per heavy atom. The van der Waals surface area contributed by atoms with Crippen molar-refractivity contribution in [3.05, 3.63) is 94.6 Å². The molecule has 6 rings (SSSR count). The molecule has 0 aromatic heterocycles. The van der Waals surface area contributed by atoms with E-state index in [0.717, 1.165) is 11.1 Å². The van der Waals surface area contributed by atoms with Crippen LogP contribution in [0.4, 0.5) is 5.69 Å². The third-order valence-corrected chi connectivity index (χ3v) is 8.50. The van der Waals surface area contributed by atoms with E-state index in [1.807, 2.05) is 6.08 Å². The number of hydrogen-bond donors (Lipinski definition) is 1. The van der Waals surface area contributed by atoms with Crippen LogP contribution in [-0.4, -0.2) is 35.6 Å². The van der Waals surface area contributed by atoms with Gasteiger partial charge < -0.3 is 9.84 Å². The summed E-state index contributed by atoms with van der Waals surface area (Å²) >= 11 is 0. The van der Waals surface area contributed by atoms with Gasteiger partial charge in [-0.3, -0.25) is 24.1 Å². The number of imide groups is 1. The zero-order valence-corrected chi connectivity index (χ0v) is 21.6. The summed E-state index contributed by atoms with van der Waals surface area (Å²) in [5.41, 5.74) is 3.58. The molecule has 0 spiro atoms. The molecular weight excluding hydrogens is 494 g/mol. The standard InChI is InChI=1S/C32H27NO6/c1-4-17-5-7-18(8-6-17)33-31(37)21-11-10-20-22(28(21)32(33)38)15-24-26(35)13-16(2)30(36)29(24)27(20)23-14-19(39-3)9-12-25(23)34/h4-10,12-14,21-22,27-28,34H,1,11,15H2,2-3H3. The minimum Gasteiger partial charge on any atom is -0.508 e. The number of fused-ring (bicyclic) bond motifs is 3. The molecule has 2 aromatic rings. The van der Waals surface area contributed by atoms with E-state index in [0.29, 0.717) is 40.1 Å². The summed E-state index contributed by atoms with van der Waals surface area (Å²) in [5, 5.41) is 10.9. The van der Waals surface area contributed by atoms with Crippen LogP contribution in [0.3, 0.4) is 0 Å². The lowest BCUT2D eigenvalue weighted by Gasteiger charge is -2.42. The van der Waals surface area contributed by atoms with Crippen molar-refractivity contribution in [1.82, 2.24) is 0 Å². The maximum atomic E-state index is 13.9. The Bertz CT molecular complexity index is 1570. The van der Waals surface area contributed by atoms with Crippen LogP contribution >= 0.6 is 0 Å². The Hall–Kier alpha value is -4.52. The van der Waals surface area contributed by atoms with Crippen molar-refractivity contribution in [2.75, 3.05) is 12.0 Å². The van der Waals surface area contributed by atoms with Crippen molar-refractivity contribution in [1.29, 1.82) is 0 Å². The fourth-order valence-electron chi connectivity index (χ4n) is 6.62. The van der Waals surface area contributed by atoms with Crippen molar-refractivity contribution < 1.29 is 29.0 Å². The molecule has 1 fully saturated rings. The van der Waals surface area contributed by atoms with Crippen LogP contribution in [0.2, 0.25) is 0 Å². The van der Waals surface area contributed by atoms with Gasteiger partial charge in [0.1, 0.15) is 11.5 Å². The number of rotatable bonds is 4. The first-order chi connectivity index (χ1) is 18.7. The van der Waals surface area contributed by atoms with Gasteiger partial charge in [-0.2, -0.15) is 0 Å². The SMILES string of the molecule is C=Cc1ccc(N2C(=O)C3CC=C4C(c5cc(OC)ccc5O)C5=C(CC4C3C2=O)C(=O)C=C(C)C5=O)cc1. The molecule has 3 aliphatic carbocycles. The van der Waals surface area contributed by atoms with Crippen molar-refractivity contribution in [3.63, 3.8) is 0 Å². The topological polar surface area (TPSA) is 101 Å². The summed E-state index contributed by atoms with van der Waals surface area (Å²) in [6.45, 7) is 5.36. The maximum Gasteiger partial charge on any atom is 0.238 e. The predicted octanol–water partition coefficient (Wildman–Crippen LogP) is 4.68. The van der Waals surface area contributed by atoms with Crippen molar-refractivity contribution >= 4 is 35.1 Å². The minimum absolute atomic E-state index is 0.0402. The molecule has 2 aromatic carbocycles. The summed E-state index contributed by atoms with van der Waals surface area (Å²) in [7, 11) is 1.51. The summed E-state index contributed by atoms with van der Waals surface area (Å²) in [5.74, 6) is -3.13. The summed E-state index contributed by atoms with van der Waals surface area (Å²) < 4.78 is 5.40. The molecule has 4 unspecified atom stereocenters. The predicted molar refractivity (Wildman–Crippen MR) is 145 cm³/mol. The zero-order valence-electron chi connectivity index (χ0n) is 21.6. The van der Waals surface area contributed by atoms with Crippen LogP contribution in [0.1, 0.15) is 36.8 Å². The lowest BCUT2D eigenvalue weighted by atomic mass is 9.59. The normalized spacial score (nSPS) is 26.1. The summed E-state index contributed by atoms with van der Waals surface area (Å²) in [6, 6.07) is 11.8. The Balaban J connectivity index is 1.49. The van der Waals surface area contributed by atoms with E-state index in [2.05, 4.69) is 6.58 Å². The molecule has 0 radical (unpaired) electrons. The fourth-order valence-corrected chi connectivity index (χ4v) is 6.62. The number of allylic oxidation sites excluding steroid dienone is 6. The molecule has 39 heavy (non-hydrogen) atoms. The van der Waals surface area contributed by atoms with E-state index in [1.165, 1.54) is 24.2 Å². The van der Waals surface area contributed by atoms with Gasteiger partial charge in [-0.25, -0.2) is 0 Å².